The lowest BCUT2D eigenvalue weighted by atomic mass is 9.72. The molecule has 0 saturated carbocycles. The summed E-state index contributed by atoms with van der Waals surface area (Å²) in [5, 5.41) is 0. The van der Waals surface area contributed by atoms with E-state index in [0.717, 1.165) is 52.7 Å². The SMILES string of the molecule is C=C(C)c1cc(C(=O)OC)ccc1-c1cnc(OC)c(C2=C(CN3C(=O)OC(C)C3C)CC(C)(C)CC2)c1. The Bertz CT molecular complexity index is 1310. The Labute approximate surface area is 225 Å². The highest BCUT2D eigenvalue weighted by molar-refractivity contribution is 5.93. The first-order valence-corrected chi connectivity index (χ1v) is 13.1. The average Bonchev–Trinajstić information content (AvgIpc) is 3.12. The Balaban J connectivity index is 1.84. The topological polar surface area (TPSA) is 78.0 Å². The highest BCUT2D eigenvalue weighted by atomic mass is 16.6. The number of amides is 1. The van der Waals surface area contributed by atoms with Crippen LogP contribution in [-0.2, 0) is 9.47 Å². The summed E-state index contributed by atoms with van der Waals surface area (Å²) in [6.07, 6.45) is 4.11. The summed E-state index contributed by atoms with van der Waals surface area (Å²) in [6.45, 7) is 15.1. The second-order valence-corrected chi connectivity index (χ2v) is 11.2. The molecule has 202 valence electrons. The van der Waals surface area contributed by atoms with E-state index in [1.54, 1.807) is 19.4 Å². The molecule has 1 aromatic carbocycles. The number of hydrogen-bond acceptors (Lipinski definition) is 6. The largest absolute Gasteiger partial charge is 0.481 e. The van der Waals surface area contributed by atoms with Gasteiger partial charge in [-0.25, -0.2) is 14.6 Å². The van der Waals surface area contributed by atoms with Crippen molar-refractivity contribution in [1.82, 2.24) is 9.88 Å². The zero-order chi connectivity index (χ0) is 27.8. The summed E-state index contributed by atoms with van der Waals surface area (Å²) in [5.41, 5.74) is 7.39. The number of allylic oxidation sites excluding steroid dienone is 2. The quantitative estimate of drug-likeness (QED) is 0.377. The van der Waals surface area contributed by atoms with Crippen molar-refractivity contribution in [3.8, 4) is 17.0 Å². The summed E-state index contributed by atoms with van der Waals surface area (Å²) in [4.78, 5) is 31.3. The summed E-state index contributed by atoms with van der Waals surface area (Å²) >= 11 is 0. The van der Waals surface area contributed by atoms with Crippen LogP contribution in [0.25, 0.3) is 22.3 Å². The number of nitrogens with zero attached hydrogens (tertiary/aromatic N) is 2. The van der Waals surface area contributed by atoms with Crippen molar-refractivity contribution in [3.05, 3.63) is 59.3 Å². The molecule has 1 amide bonds. The lowest BCUT2D eigenvalue weighted by Gasteiger charge is -2.35. The molecule has 7 heteroatoms. The second-order valence-electron chi connectivity index (χ2n) is 11.2. The molecular weight excluding hydrogens is 480 g/mol. The normalized spacial score (nSPS) is 20.8. The van der Waals surface area contributed by atoms with E-state index in [-0.39, 0.29) is 23.7 Å². The van der Waals surface area contributed by atoms with Crippen molar-refractivity contribution >= 4 is 23.2 Å². The van der Waals surface area contributed by atoms with E-state index in [0.29, 0.717) is 18.0 Å². The molecule has 2 unspecified atom stereocenters. The van der Waals surface area contributed by atoms with Gasteiger partial charge < -0.3 is 14.2 Å². The Morgan fingerprint density at radius 1 is 1.21 bits per heavy atom. The predicted octanol–water partition coefficient (Wildman–Crippen LogP) is 6.77. The number of ether oxygens (including phenoxy) is 3. The van der Waals surface area contributed by atoms with Gasteiger partial charge in [0.05, 0.1) is 25.8 Å². The Morgan fingerprint density at radius 2 is 1.95 bits per heavy atom. The maximum Gasteiger partial charge on any atom is 0.410 e. The Kier molecular flexibility index (Phi) is 7.68. The number of esters is 1. The second kappa shape index (κ2) is 10.6. The minimum absolute atomic E-state index is 0.000839. The molecule has 2 aromatic rings. The number of aromatic nitrogens is 1. The van der Waals surface area contributed by atoms with Crippen LogP contribution in [0.3, 0.4) is 0 Å². The van der Waals surface area contributed by atoms with E-state index < -0.39 is 5.97 Å². The highest BCUT2D eigenvalue weighted by Gasteiger charge is 2.38. The molecule has 1 aliphatic carbocycles. The standard InChI is InChI=1S/C31H38N2O5/c1-18(2)26-13-21(29(34)37-8)9-10-24(26)22-14-27(28(36-7)32-16-22)25-11-12-31(5,6)15-23(25)17-33-19(3)20(4)38-30(33)35/h9-10,13-14,16,19-20H,1,11-12,15,17H2,2-8H3. The predicted molar refractivity (Wildman–Crippen MR) is 149 cm³/mol. The number of methoxy groups -OCH3 is 2. The molecule has 1 saturated heterocycles. The number of benzene rings is 1. The first kappa shape index (κ1) is 27.4. The van der Waals surface area contributed by atoms with Gasteiger partial charge in [0.25, 0.3) is 0 Å². The zero-order valence-electron chi connectivity index (χ0n) is 23.5. The van der Waals surface area contributed by atoms with E-state index in [1.807, 2.05) is 37.8 Å². The van der Waals surface area contributed by atoms with Crippen LogP contribution in [0, 0.1) is 5.41 Å². The summed E-state index contributed by atoms with van der Waals surface area (Å²) in [6, 6.07) is 7.58. The fourth-order valence-electron chi connectivity index (χ4n) is 5.42. The van der Waals surface area contributed by atoms with Crippen molar-refractivity contribution in [2.45, 2.75) is 66.0 Å². The summed E-state index contributed by atoms with van der Waals surface area (Å²) in [5.74, 6) is 0.158. The van der Waals surface area contributed by atoms with Crippen LogP contribution in [0.5, 0.6) is 5.88 Å². The van der Waals surface area contributed by atoms with Gasteiger partial charge in [0, 0.05) is 23.9 Å². The first-order chi connectivity index (χ1) is 18.0. The Hall–Kier alpha value is -3.61. The van der Waals surface area contributed by atoms with E-state index in [9.17, 15) is 9.59 Å². The maximum absolute atomic E-state index is 12.6. The van der Waals surface area contributed by atoms with Crippen molar-refractivity contribution in [2.24, 2.45) is 5.41 Å². The minimum Gasteiger partial charge on any atom is -0.481 e. The van der Waals surface area contributed by atoms with Gasteiger partial charge in [-0.2, -0.15) is 0 Å². The van der Waals surface area contributed by atoms with E-state index in [1.165, 1.54) is 12.7 Å². The lowest BCUT2D eigenvalue weighted by molar-refractivity contribution is 0.0600. The van der Waals surface area contributed by atoms with Crippen molar-refractivity contribution in [2.75, 3.05) is 20.8 Å². The number of hydrogen-bond donors (Lipinski definition) is 0. The number of rotatable bonds is 7. The van der Waals surface area contributed by atoms with Crippen LogP contribution >= 0.6 is 0 Å². The maximum atomic E-state index is 12.6. The smallest absolute Gasteiger partial charge is 0.410 e. The zero-order valence-corrected chi connectivity index (χ0v) is 23.5. The van der Waals surface area contributed by atoms with Gasteiger partial charge in [-0.1, -0.05) is 32.1 Å². The van der Waals surface area contributed by atoms with Crippen LogP contribution < -0.4 is 4.74 Å². The van der Waals surface area contributed by atoms with Gasteiger partial charge in [-0.05, 0) is 85.9 Å². The molecule has 4 rings (SSSR count). The van der Waals surface area contributed by atoms with Gasteiger partial charge >= 0.3 is 12.1 Å². The van der Waals surface area contributed by atoms with E-state index >= 15 is 0 Å². The van der Waals surface area contributed by atoms with Crippen LogP contribution in [0.15, 0.2) is 42.6 Å². The summed E-state index contributed by atoms with van der Waals surface area (Å²) < 4.78 is 16.1. The fraction of sp³-hybridized carbons (Fsp3) is 0.452. The molecule has 0 N–H and O–H groups in total. The highest BCUT2D eigenvalue weighted by Crippen LogP contribution is 2.45. The van der Waals surface area contributed by atoms with Gasteiger partial charge in [0.2, 0.25) is 5.88 Å². The third-order valence-corrected chi connectivity index (χ3v) is 7.80. The third kappa shape index (κ3) is 5.33. The van der Waals surface area contributed by atoms with Crippen molar-refractivity contribution in [1.29, 1.82) is 0 Å². The molecule has 1 aliphatic heterocycles. The molecule has 0 spiro atoms. The van der Waals surface area contributed by atoms with Crippen molar-refractivity contribution in [3.63, 3.8) is 0 Å². The lowest BCUT2D eigenvalue weighted by Crippen LogP contribution is -2.36. The summed E-state index contributed by atoms with van der Waals surface area (Å²) in [7, 11) is 3.00. The molecule has 1 aromatic heterocycles. The fourth-order valence-corrected chi connectivity index (χ4v) is 5.42. The Morgan fingerprint density at radius 3 is 2.55 bits per heavy atom. The minimum atomic E-state index is -0.392. The third-order valence-electron chi connectivity index (χ3n) is 7.80. The molecule has 7 nitrogen and oxygen atoms in total. The number of carbonyl (C=O) groups excluding carboxylic acids is 2. The van der Waals surface area contributed by atoms with Crippen LogP contribution in [0.4, 0.5) is 4.79 Å². The van der Waals surface area contributed by atoms with Gasteiger partial charge in [0.15, 0.2) is 0 Å². The van der Waals surface area contributed by atoms with E-state index in [2.05, 4.69) is 31.5 Å². The molecule has 2 atom stereocenters. The number of cyclic esters (lactones) is 1. The van der Waals surface area contributed by atoms with Crippen LogP contribution in [-0.4, -0.2) is 54.9 Å². The monoisotopic (exact) mass is 518 g/mol. The van der Waals surface area contributed by atoms with Gasteiger partial charge in [0.1, 0.15) is 6.10 Å². The average molecular weight is 519 g/mol. The van der Waals surface area contributed by atoms with Crippen molar-refractivity contribution < 1.29 is 23.8 Å². The molecule has 2 aliphatic rings. The molecule has 38 heavy (non-hydrogen) atoms. The molecule has 0 bridgehead atoms. The molecule has 2 heterocycles. The van der Waals surface area contributed by atoms with Gasteiger partial charge in [-0.15, -0.1) is 0 Å². The van der Waals surface area contributed by atoms with E-state index in [4.69, 9.17) is 14.2 Å². The molecular formula is C31H38N2O5. The first-order valence-electron chi connectivity index (χ1n) is 13.1. The molecule has 0 radical (unpaired) electrons. The number of carbonyl (C=O) groups is 2. The number of pyridine rings is 1. The molecule has 1 fully saturated rings. The van der Waals surface area contributed by atoms with Crippen LogP contribution in [0.2, 0.25) is 0 Å². The van der Waals surface area contributed by atoms with Crippen LogP contribution in [0.1, 0.15) is 75.4 Å². The van der Waals surface area contributed by atoms with Gasteiger partial charge in [-0.3, -0.25) is 4.90 Å².